The molecule has 1 aliphatic heterocycles. The Bertz CT molecular complexity index is 1880. The van der Waals surface area contributed by atoms with Gasteiger partial charge < -0.3 is 20.7 Å². The first kappa shape index (κ1) is 28.1. The van der Waals surface area contributed by atoms with Crippen LogP contribution in [0.2, 0.25) is 5.02 Å². The summed E-state index contributed by atoms with van der Waals surface area (Å²) in [6, 6.07) is 14.1. The number of nitrogen functional groups attached to an aromatic ring is 1. The summed E-state index contributed by atoms with van der Waals surface area (Å²) in [5, 5.41) is 3.25. The molecular weight excluding hydrogens is 570 g/mol. The minimum atomic E-state index is -0.552. The van der Waals surface area contributed by atoms with Gasteiger partial charge in [-0.1, -0.05) is 17.7 Å². The van der Waals surface area contributed by atoms with Crippen LogP contribution < -0.4 is 21.5 Å². The summed E-state index contributed by atoms with van der Waals surface area (Å²) in [7, 11) is 1.71. The fourth-order valence-corrected chi connectivity index (χ4v) is 5.12. The molecule has 43 heavy (non-hydrogen) atoms. The van der Waals surface area contributed by atoms with E-state index in [9.17, 15) is 9.59 Å². The van der Waals surface area contributed by atoms with Gasteiger partial charge in [-0.25, -0.2) is 19.6 Å². The fourth-order valence-electron chi connectivity index (χ4n) is 4.94. The molecule has 1 aliphatic rings. The van der Waals surface area contributed by atoms with Crippen molar-refractivity contribution >= 4 is 34.8 Å². The van der Waals surface area contributed by atoms with Crippen LogP contribution in [0.4, 0.5) is 17.3 Å². The number of pyridine rings is 2. The van der Waals surface area contributed by atoms with Gasteiger partial charge in [-0.3, -0.25) is 19.3 Å². The van der Waals surface area contributed by atoms with Gasteiger partial charge in [0.2, 0.25) is 0 Å². The third-order valence-electron chi connectivity index (χ3n) is 7.27. The number of nitrogens with zero attached hydrogens (tertiary/aromatic N) is 7. The predicted octanol–water partition coefficient (Wildman–Crippen LogP) is 3.72. The van der Waals surface area contributed by atoms with Crippen LogP contribution in [0.5, 0.6) is 0 Å². The van der Waals surface area contributed by atoms with Crippen molar-refractivity contribution in [2.75, 3.05) is 42.3 Å². The molecule has 4 aromatic heterocycles. The smallest absolute Gasteiger partial charge is 0.284 e. The Morgan fingerprint density at radius 2 is 1.84 bits per heavy atom. The van der Waals surface area contributed by atoms with Gasteiger partial charge in [-0.15, -0.1) is 0 Å². The maximum Gasteiger partial charge on any atom is 0.284 e. The molecule has 0 bridgehead atoms. The second kappa shape index (κ2) is 11.7. The molecule has 1 amide bonds. The third-order valence-corrected chi connectivity index (χ3v) is 7.51. The number of amides is 1. The minimum Gasteiger partial charge on any atom is -0.382 e. The van der Waals surface area contributed by atoms with E-state index in [1.165, 1.54) is 10.9 Å². The lowest BCUT2D eigenvalue weighted by molar-refractivity contribution is 0.102. The Labute approximate surface area is 251 Å². The fraction of sp³-hybridized carbons (Fsp3) is 0.200. The summed E-state index contributed by atoms with van der Waals surface area (Å²) in [6.45, 7) is 4.56. The van der Waals surface area contributed by atoms with Crippen LogP contribution in [0.3, 0.4) is 0 Å². The second-order valence-corrected chi connectivity index (χ2v) is 10.4. The number of ether oxygens (including phenoxy) is 1. The highest BCUT2D eigenvalue weighted by atomic mass is 35.5. The number of aromatic nitrogens is 6. The Kier molecular flexibility index (Phi) is 7.61. The van der Waals surface area contributed by atoms with Crippen LogP contribution in [0.1, 0.15) is 16.1 Å². The van der Waals surface area contributed by atoms with E-state index < -0.39 is 11.5 Å². The SMILES string of the molecule is Cc1c(C(=O)Nc2ccc(-c3nc(-c4ccnc(N5CCOCC5)c4)cnc3N)nc2)c(=O)n(-c2cccc(Cl)c2)n1C. The number of nitrogens with one attached hydrogen (secondary N) is 1. The molecule has 1 saturated heterocycles. The third kappa shape index (κ3) is 5.57. The van der Waals surface area contributed by atoms with Crippen molar-refractivity contribution in [2.45, 2.75) is 6.92 Å². The molecule has 6 rings (SSSR count). The van der Waals surface area contributed by atoms with Crippen LogP contribution in [0.15, 0.2) is 71.9 Å². The number of anilines is 3. The zero-order valence-electron chi connectivity index (χ0n) is 23.5. The largest absolute Gasteiger partial charge is 0.382 e. The molecular formula is C30H28ClN9O3. The Morgan fingerprint density at radius 3 is 2.58 bits per heavy atom. The van der Waals surface area contributed by atoms with E-state index in [0.717, 1.165) is 24.5 Å². The monoisotopic (exact) mass is 597 g/mol. The molecule has 0 atom stereocenters. The maximum absolute atomic E-state index is 13.3. The average Bonchev–Trinajstić information content (AvgIpc) is 3.25. The second-order valence-electron chi connectivity index (χ2n) is 9.96. The molecule has 0 radical (unpaired) electrons. The van der Waals surface area contributed by atoms with Crippen molar-refractivity contribution in [3.05, 3.63) is 93.8 Å². The van der Waals surface area contributed by atoms with Crippen molar-refractivity contribution in [1.29, 1.82) is 0 Å². The molecule has 218 valence electrons. The van der Waals surface area contributed by atoms with Gasteiger partial charge >= 0.3 is 0 Å². The molecule has 1 fully saturated rings. The van der Waals surface area contributed by atoms with Gasteiger partial charge in [0.1, 0.15) is 17.1 Å². The van der Waals surface area contributed by atoms with E-state index in [1.807, 2.05) is 12.1 Å². The quantitative estimate of drug-likeness (QED) is 0.299. The van der Waals surface area contributed by atoms with Gasteiger partial charge in [0.25, 0.3) is 11.5 Å². The number of carbonyl (C=O) groups excluding carboxylic acids is 1. The number of carbonyl (C=O) groups is 1. The number of hydrogen-bond donors (Lipinski definition) is 2. The van der Waals surface area contributed by atoms with Crippen LogP contribution in [0.25, 0.3) is 28.3 Å². The summed E-state index contributed by atoms with van der Waals surface area (Å²) in [5.74, 6) is 0.507. The first-order chi connectivity index (χ1) is 20.8. The lowest BCUT2D eigenvalue weighted by Gasteiger charge is -2.27. The average molecular weight is 598 g/mol. The van der Waals surface area contributed by atoms with Crippen molar-refractivity contribution in [2.24, 2.45) is 7.05 Å². The molecule has 1 aromatic carbocycles. The maximum atomic E-state index is 13.3. The number of hydrogen-bond acceptors (Lipinski definition) is 9. The van der Waals surface area contributed by atoms with Gasteiger partial charge in [0.15, 0.2) is 5.82 Å². The van der Waals surface area contributed by atoms with Gasteiger partial charge in [0, 0.05) is 36.9 Å². The molecule has 0 unspecified atom stereocenters. The normalized spacial score (nSPS) is 13.2. The Hall–Kier alpha value is -5.07. The van der Waals surface area contributed by atoms with Crippen LogP contribution >= 0.6 is 11.6 Å². The van der Waals surface area contributed by atoms with Crippen molar-refractivity contribution in [3.8, 4) is 28.3 Å². The van der Waals surface area contributed by atoms with E-state index in [2.05, 4.69) is 25.2 Å². The summed E-state index contributed by atoms with van der Waals surface area (Å²) in [5.41, 5.74) is 9.54. The molecule has 12 nitrogen and oxygen atoms in total. The summed E-state index contributed by atoms with van der Waals surface area (Å²) < 4.78 is 8.46. The molecule has 3 N–H and O–H groups in total. The van der Waals surface area contributed by atoms with Crippen molar-refractivity contribution in [3.63, 3.8) is 0 Å². The first-order valence-corrected chi connectivity index (χ1v) is 13.9. The number of halogens is 1. The summed E-state index contributed by atoms with van der Waals surface area (Å²) in [4.78, 5) is 46.7. The molecule has 5 aromatic rings. The number of nitrogens with two attached hydrogens (primary N) is 1. The molecule has 5 heterocycles. The lowest BCUT2D eigenvalue weighted by atomic mass is 10.1. The first-order valence-electron chi connectivity index (χ1n) is 13.5. The highest BCUT2D eigenvalue weighted by molar-refractivity contribution is 6.30. The van der Waals surface area contributed by atoms with Gasteiger partial charge in [-0.2, -0.15) is 0 Å². The molecule has 0 spiro atoms. The zero-order valence-corrected chi connectivity index (χ0v) is 24.2. The predicted molar refractivity (Wildman–Crippen MR) is 165 cm³/mol. The number of rotatable bonds is 6. The van der Waals surface area contributed by atoms with Crippen LogP contribution in [0, 0.1) is 6.92 Å². The highest BCUT2D eigenvalue weighted by Gasteiger charge is 2.23. The molecule has 0 saturated carbocycles. The number of benzene rings is 1. The highest BCUT2D eigenvalue weighted by Crippen LogP contribution is 2.27. The summed E-state index contributed by atoms with van der Waals surface area (Å²) in [6.07, 6.45) is 4.84. The van der Waals surface area contributed by atoms with Crippen molar-refractivity contribution in [1.82, 2.24) is 29.3 Å². The van der Waals surface area contributed by atoms with E-state index in [0.29, 0.717) is 52.4 Å². The van der Waals surface area contributed by atoms with Gasteiger partial charge in [-0.05, 0) is 49.4 Å². The van der Waals surface area contributed by atoms with Crippen molar-refractivity contribution < 1.29 is 9.53 Å². The van der Waals surface area contributed by atoms with E-state index in [1.54, 1.807) is 67.4 Å². The van der Waals surface area contributed by atoms with E-state index >= 15 is 0 Å². The van der Waals surface area contributed by atoms with Crippen LogP contribution in [-0.2, 0) is 11.8 Å². The Balaban J connectivity index is 1.23. The minimum absolute atomic E-state index is 0.0168. The Morgan fingerprint density at radius 1 is 1.02 bits per heavy atom. The van der Waals surface area contributed by atoms with Crippen LogP contribution in [-0.4, -0.2) is 61.5 Å². The zero-order chi connectivity index (χ0) is 30.1. The lowest BCUT2D eigenvalue weighted by Crippen LogP contribution is -2.36. The van der Waals surface area contributed by atoms with Gasteiger partial charge in [0.05, 0.1) is 54.1 Å². The molecule has 13 heteroatoms. The molecule has 0 aliphatic carbocycles. The summed E-state index contributed by atoms with van der Waals surface area (Å²) >= 11 is 6.12. The topological polar surface area (TPSA) is 146 Å². The standard InChI is InChI=1S/C30H28ClN9O3/c1-18-26(30(42)40(38(18)2)22-5-3-4-20(31)15-22)29(41)36-21-6-7-23(34-16-21)27-28(32)35-17-24(37-27)19-8-9-33-25(14-19)39-10-12-43-13-11-39/h3-9,14-17H,10-13H2,1-2H3,(H2,32,35)(H,36,41). The number of morpholine rings is 1. The van der Waals surface area contributed by atoms with E-state index in [4.69, 9.17) is 27.1 Å². The van der Waals surface area contributed by atoms with E-state index in [-0.39, 0.29) is 11.4 Å².